The molecule has 2 saturated carbocycles. The number of hydrogen-bond donors (Lipinski definition) is 0. The van der Waals surface area contributed by atoms with Crippen LogP contribution in [0.2, 0.25) is 0 Å². The lowest BCUT2D eigenvalue weighted by Gasteiger charge is -2.57. The second-order valence-corrected chi connectivity index (χ2v) is 10.4. The summed E-state index contributed by atoms with van der Waals surface area (Å²) in [6, 6.07) is 0. The van der Waals surface area contributed by atoms with Crippen LogP contribution in [-0.4, -0.2) is 18.5 Å². The lowest BCUT2D eigenvalue weighted by Crippen LogP contribution is -2.49. The van der Waals surface area contributed by atoms with Gasteiger partial charge in [-0.2, -0.15) is 4.39 Å². The molecule has 0 aromatic carbocycles. The molecule has 6 atom stereocenters. The zero-order chi connectivity index (χ0) is 22.6. The zero-order valence-corrected chi connectivity index (χ0v) is 19.4. The third-order valence-electron chi connectivity index (χ3n) is 8.80. The molecule has 170 valence electrons. The van der Waals surface area contributed by atoms with Gasteiger partial charge >= 0.3 is 11.9 Å². The molecule has 4 rings (SSSR count). The van der Waals surface area contributed by atoms with Gasteiger partial charge in [0, 0.05) is 12.8 Å². The average molecular weight is 431 g/mol. The summed E-state index contributed by atoms with van der Waals surface area (Å²) in [7, 11) is 0. The summed E-state index contributed by atoms with van der Waals surface area (Å²) in [5.41, 5.74) is 1.75. The Morgan fingerprint density at radius 3 is 2.58 bits per heavy atom. The van der Waals surface area contributed by atoms with Gasteiger partial charge in [0.1, 0.15) is 5.76 Å². The van der Waals surface area contributed by atoms with Crippen molar-refractivity contribution in [1.82, 2.24) is 0 Å². The van der Waals surface area contributed by atoms with E-state index in [0.29, 0.717) is 29.7 Å². The van der Waals surface area contributed by atoms with Crippen LogP contribution in [0.4, 0.5) is 4.39 Å². The fourth-order valence-electron chi connectivity index (χ4n) is 7.43. The van der Waals surface area contributed by atoms with Crippen LogP contribution in [0.3, 0.4) is 0 Å². The molecule has 0 spiro atoms. The highest BCUT2D eigenvalue weighted by Crippen LogP contribution is 2.66. The Hall–Kier alpha value is -1.91. The van der Waals surface area contributed by atoms with Crippen molar-refractivity contribution in [2.75, 3.05) is 6.61 Å². The van der Waals surface area contributed by atoms with Gasteiger partial charge in [0.25, 0.3) is 0 Å². The maximum Gasteiger partial charge on any atom is 0.367 e. The van der Waals surface area contributed by atoms with Crippen LogP contribution >= 0.6 is 0 Å². The van der Waals surface area contributed by atoms with Gasteiger partial charge in [-0.25, -0.2) is 4.79 Å². The summed E-state index contributed by atoms with van der Waals surface area (Å²) in [6.45, 7) is 10.0. The molecule has 0 N–H and O–H groups in total. The van der Waals surface area contributed by atoms with Crippen LogP contribution in [0, 0.1) is 34.5 Å². The van der Waals surface area contributed by atoms with E-state index < -0.39 is 11.8 Å². The molecule has 0 radical (unpaired) electrons. The number of fused-ring (bicyclic) bond motifs is 5. The van der Waals surface area contributed by atoms with Crippen LogP contribution < -0.4 is 0 Å². The van der Waals surface area contributed by atoms with E-state index in [9.17, 15) is 9.59 Å². The summed E-state index contributed by atoms with van der Waals surface area (Å²) >= 11 is 0. The number of halogens is 1. The lowest BCUT2D eigenvalue weighted by molar-refractivity contribution is -0.140. The first-order chi connectivity index (χ1) is 14.6. The number of carbonyl (C=O) groups excluding carboxylic acids is 2. The van der Waals surface area contributed by atoms with Crippen molar-refractivity contribution in [3.05, 3.63) is 34.9 Å². The van der Waals surface area contributed by atoms with Gasteiger partial charge in [0.15, 0.2) is 0 Å². The number of esters is 2. The Morgan fingerprint density at radius 1 is 1.19 bits per heavy atom. The second kappa shape index (κ2) is 7.90. The van der Waals surface area contributed by atoms with Crippen LogP contribution in [0.25, 0.3) is 0 Å². The molecule has 4 nitrogen and oxygen atoms in total. The van der Waals surface area contributed by atoms with Gasteiger partial charge in [0.2, 0.25) is 5.83 Å². The average Bonchev–Trinajstić information content (AvgIpc) is 3.05. The molecule has 0 unspecified atom stereocenters. The monoisotopic (exact) mass is 430 g/mol. The molecule has 0 aromatic rings. The predicted molar refractivity (Wildman–Crippen MR) is 116 cm³/mol. The number of hydrogen-bond acceptors (Lipinski definition) is 4. The van der Waals surface area contributed by atoms with Gasteiger partial charge in [-0.3, -0.25) is 4.79 Å². The molecule has 0 aromatic heterocycles. The van der Waals surface area contributed by atoms with Crippen LogP contribution in [0.1, 0.15) is 73.1 Å². The highest BCUT2D eigenvalue weighted by molar-refractivity contribution is 5.87. The fourth-order valence-corrected chi connectivity index (χ4v) is 7.43. The van der Waals surface area contributed by atoms with Gasteiger partial charge in [-0.05, 0) is 91.3 Å². The van der Waals surface area contributed by atoms with E-state index in [4.69, 9.17) is 9.47 Å². The standard InChI is InChI=1S/C26H35FO4/c1-6-30-24(29)23(27)21-10-9-19-18-8-7-17-13-22(31-16(3)28)15(2)14-26(17,5)20(18)11-12-25(19,21)4/h7,13,15,18-20H,6,8-12,14H2,1-5H3/t15-,18+,19+,20+,25+,26+/m1/s1. The van der Waals surface area contributed by atoms with E-state index in [0.717, 1.165) is 37.9 Å². The molecule has 4 aliphatic rings. The van der Waals surface area contributed by atoms with Gasteiger partial charge in [-0.1, -0.05) is 26.8 Å². The summed E-state index contributed by atoms with van der Waals surface area (Å²) in [5, 5.41) is 0. The number of rotatable bonds is 3. The normalized spacial score (nSPS) is 40.6. The molecule has 0 saturated heterocycles. The number of carbonyl (C=O) groups is 2. The quantitative estimate of drug-likeness (QED) is 0.405. The summed E-state index contributed by atoms with van der Waals surface area (Å²) in [4.78, 5) is 23.6. The molecule has 5 heteroatoms. The molecule has 0 amide bonds. The molecule has 2 fully saturated rings. The van der Waals surface area contributed by atoms with E-state index in [1.54, 1.807) is 6.92 Å². The van der Waals surface area contributed by atoms with Gasteiger partial charge in [-0.15, -0.1) is 0 Å². The van der Waals surface area contributed by atoms with Crippen molar-refractivity contribution in [2.24, 2.45) is 34.5 Å². The fraction of sp³-hybridized carbons (Fsp3) is 0.692. The predicted octanol–water partition coefficient (Wildman–Crippen LogP) is 6.04. The van der Waals surface area contributed by atoms with Crippen molar-refractivity contribution in [3.8, 4) is 0 Å². The maximum atomic E-state index is 15.0. The second-order valence-electron chi connectivity index (χ2n) is 10.4. The van der Waals surface area contributed by atoms with E-state index >= 15 is 4.39 Å². The third-order valence-corrected chi connectivity index (χ3v) is 8.80. The van der Waals surface area contributed by atoms with Gasteiger partial charge < -0.3 is 9.47 Å². The molecule has 0 heterocycles. The molecule has 0 bridgehead atoms. The first-order valence-corrected chi connectivity index (χ1v) is 11.8. The van der Waals surface area contributed by atoms with E-state index in [2.05, 4.69) is 32.9 Å². The Labute approximate surface area is 184 Å². The Morgan fingerprint density at radius 2 is 1.90 bits per heavy atom. The minimum Gasteiger partial charge on any atom is -0.461 e. The third kappa shape index (κ3) is 3.48. The maximum absolute atomic E-state index is 15.0. The Balaban J connectivity index is 1.65. The van der Waals surface area contributed by atoms with Crippen molar-refractivity contribution < 1.29 is 23.5 Å². The largest absolute Gasteiger partial charge is 0.461 e. The smallest absolute Gasteiger partial charge is 0.367 e. The first-order valence-electron chi connectivity index (χ1n) is 11.8. The summed E-state index contributed by atoms with van der Waals surface area (Å²) in [5.74, 6) is 0.635. The minimum absolute atomic E-state index is 0.0411. The molecule has 0 aliphatic heterocycles. The Kier molecular flexibility index (Phi) is 5.68. The molecular weight excluding hydrogens is 395 g/mol. The topological polar surface area (TPSA) is 52.6 Å². The zero-order valence-electron chi connectivity index (χ0n) is 19.4. The first kappa shape index (κ1) is 22.3. The van der Waals surface area contributed by atoms with Gasteiger partial charge in [0.05, 0.1) is 6.61 Å². The van der Waals surface area contributed by atoms with Crippen LogP contribution in [0.5, 0.6) is 0 Å². The van der Waals surface area contributed by atoms with Crippen molar-refractivity contribution in [1.29, 1.82) is 0 Å². The van der Waals surface area contributed by atoms with E-state index in [1.807, 2.05) is 0 Å². The van der Waals surface area contributed by atoms with E-state index in [-0.39, 0.29) is 29.3 Å². The summed E-state index contributed by atoms with van der Waals surface area (Å²) < 4.78 is 25.5. The minimum atomic E-state index is -0.802. The van der Waals surface area contributed by atoms with Crippen molar-refractivity contribution in [2.45, 2.75) is 73.1 Å². The number of ether oxygens (including phenoxy) is 2. The van der Waals surface area contributed by atoms with E-state index in [1.165, 1.54) is 12.5 Å². The molecule has 31 heavy (non-hydrogen) atoms. The lowest BCUT2D eigenvalue weighted by atomic mass is 9.48. The highest BCUT2D eigenvalue weighted by Gasteiger charge is 2.58. The Bertz CT molecular complexity index is 884. The number of allylic oxidation sites excluding steroid dienone is 5. The molecular formula is C26H35FO4. The van der Waals surface area contributed by atoms with Crippen molar-refractivity contribution >= 4 is 11.9 Å². The van der Waals surface area contributed by atoms with Crippen LogP contribution in [-0.2, 0) is 19.1 Å². The van der Waals surface area contributed by atoms with Crippen LogP contribution in [0.15, 0.2) is 34.9 Å². The molecule has 4 aliphatic carbocycles. The summed E-state index contributed by atoms with van der Waals surface area (Å²) in [6.07, 6.45) is 9.85. The SMILES string of the molecule is CCOC(=O)C(F)=C1CC[C@H]2[C@@H]3CC=C4C=C(OC(C)=O)[C@H](C)C[C@]4(C)[C@H]3CC[C@]12C. The highest BCUT2D eigenvalue weighted by atomic mass is 19.1. The van der Waals surface area contributed by atoms with Crippen molar-refractivity contribution in [3.63, 3.8) is 0 Å².